The van der Waals surface area contributed by atoms with Gasteiger partial charge in [-0.3, -0.25) is 14.5 Å². The van der Waals surface area contributed by atoms with Crippen molar-refractivity contribution in [2.24, 2.45) is 0 Å². The second kappa shape index (κ2) is 30.0. The van der Waals surface area contributed by atoms with Gasteiger partial charge >= 0.3 is 0 Å². The molecule has 6 heteroatoms. The molecule has 0 spiro atoms. The predicted octanol–water partition coefficient (Wildman–Crippen LogP) is 9.70. The molecule has 2 heterocycles. The summed E-state index contributed by atoms with van der Waals surface area (Å²) in [5.41, 5.74) is 0. The molecule has 2 aliphatic rings. The van der Waals surface area contributed by atoms with Crippen molar-refractivity contribution in [2.75, 3.05) is 52.4 Å². The van der Waals surface area contributed by atoms with Gasteiger partial charge in [-0.05, 0) is 45.3 Å². The minimum absolute atomic E-state index is 0.231. The Morgan fingerprint density at radius 1 is 0.543 bits per heavy atom. The number of unbranched alkanes of at least 4 members (excludes halogenated alkanes) is 18. The minimum atomic E-state index is 0.231. The van der Waals surface area contributed by atoms with Gasteiger partial charge in [0.15, 0.2) is 0 Å². The highest BCUT2D eigenvalue weighted by atomic mass is 16.2. The number of hydrogen-bond donors (Lipinski definition) is 0. The molecule has 6 nitrogen and oxygen atoms in total. The lowest BCUT2D eigenvalue weighted by molar-refractivity contribution is -0.136. The van der Waals surface area contributed by atoms with Crippen LogP contribution in [0.5, 0.6) is 0 Å². The molecule has 46 heavy (non-hydrogen) atoms. The Hall–Kier alpha value is -1.14. The molecule has 0 radical (unpaired) electrons. The third-order valence-corrected chi connectivity index (χ3v) is 10.1. The van der Waals surface area contributed by atoms with E-state index >= 15 is 0 Å². The van der Waals surface area contributed by atoms with E-state index in [9.17, 15) is 9.59 Å². The van der Waals surface area contributed by atoms with E-state index in [1.165, 1.54) is 154 Å². The van der Waals surface area contributed by atoms with E-state index in [1.807, 2.05) is 4.90 Å². The maximum Gasteiger partial charge on any atom is 0.237 e. The van der Waals surface area contributed by atoms with Gasteiger partial charge in [0.2, 0.25) is 12.3 Å². The maximum absolute atomic E-state index is 13.5. The fraction of sp³-hybridized carbons (Fsp3) is 0.950. The summed E-state index contributed by atoms with van der Waals surface area (Å²) in [5, 5.41) is 0. The molecular weight excluding hydrogens is 568 g/mol. The Kier molecular flexibility index (Phi) is 27.9. The number of hydrogen-bond acceptors (Lipinski definition) is 4. The number of carbonyl (C=O) groups excluding carboxylic acids is 2. The Labute approximate surface area is 287 Å². The number of likely N-dealkylation sites (tertiary alicyclic amines) is 2. The van der Waals surface area contributed by atoms with Crippen molar-refractivity contribution in [2.45, 2.75) is 194 Å². The third kappa shape index (κ3) is 20.3. The average Bonchev–Trinajstić information content (AvgIpc) is 3.67. The van der Waals surface area contributed by atoms with Crippen LogP contribution in [-0.4, -0.2) is 96.4 Å². The first-order valence-corrected chi connectivity index (χ1v) is 20.5. The van der Waals surface area contributed by atoms with Crippen LogP contribution in [0.2, 0.25) is 0 Å². The number of piperazine rings is 1. The van der Waals surface area contributed by atoms with Crippen molar-refractivity contribution in [1.29, 1.82) is 0 Å². The first-order valence-electron chi connectivity index (χ1n) is 20.5. The van der Waals surface area contributed by atoms with Crippen LogP contribution in [0.25, 0.3) is 0 Å². The van der Waals surface area contributed by atoms with Crippen molar-refractivity contribution >= 4 is 12.3 Å². The molecular formula is C40H80N4O2. The van der Waals surface area contributed by atoms with E-state index in [0.29, 0.717) is 6.54 Å². The summed E-state index contributed by atoms with van der Waals surface area (Å²) in [5.74, 6) is 0.284. The van der Waals surface area contributed by atoms with Gasteiger partial charge in [-0.1, -0.05) is 157 Å². The van der Waals surface area contributed by atoms with Crippen LogP contribution in [0.1, 0.15) is 182 Å². The molecule has 0 aromatic carbocycles. The lowest BCUT2D eigenvalue weighted by Crippen LogP contribution is -2.51. The first-order chi connectivity index (χ1) is 22.5. The molecule has 0 saturated carbocycles. The Morgan fingerprint density at radius 3 is 1.33 bits per heavy atom. The van der Waals surface area contributed by atoms with E-state index in [2.05, 4.69) is 49.3 Å². The second-order valence-corrected chi connectivity index (χ2v) is 14.6. The molecule has 0 aromatic rings. The van der Waals surface area contributed by atoms with Crippen LogP contribution < -0.4 is 0 Å². The molecule has 2 unspecified atom stereocenters. The standard InChI is InChI=1S/C37H72N4O2.C3H8/c1-4-7-10-13-16-19-22-25-38(26-23-20-17-14-11-8-5-2)28-29-39(27-24-21-18-15-12-9-6-3)33-37(43)41-32-35-30-36(41)31-40(35)34-42;1-3-2/h34-36H,4-33H2,1-3H3;3H2,1-2H3. The quantitative estimate of drug-likeness (QED) is 0.0575. The highest BCUT2D eigenvalue weighted by molar-refractivity contribution is 5.79. The largest absolute Gasteiger partial charge is 0.338 e. The number of fused-ring (bicyclic) bond motifs is 2. The molecule has 2 atom stereocenters. The van der Waals surface area contributed by atoms with Crippen molar-refractivity contribution in [3.63, 3.8) is 0 Å². The smallest absolute Gasteiger partial charge is 0.237 e. The van der Waals surface area contributed by atoms with Gasteiger partial charge in [-0.15, -0.1) is 0 Å². The number of carbonyl (C=O) groups is 2. The van der Waals surface area contributed by atoms with Gasteiger partial charge in [0.05, 0.1) is 18.6 Å². The van der Waals surface area contributed by atoms with E-state index in [1.54, 1.807) is 0 Å². The van der Waals surface area contributed by atoms with Gasteiger partial charge in [0, 0.05) is 26.2 Å². The van der Waals surface area contributed by atoms with Gasteiger partial charge in [-0.25, -0.2) is 0 Å². The highest BCUT2D eigenvalue weighted by Gasteiger charge is 2.44. The second-order valence-electron chi connectivity index (χ2n) is 14.6. The molecule has 2 fully saturated rings. The Balaban J connectivity index is 0.00000338. The van der Waals surface area contributed by atoms with Gasteiger partial charge in [0.1, 0.15) is 0 Å². The number of amides is 2. The predicted molar refractivity (Wildman–Crippen MR) is 199 cm³/mol. The van der Waals surface area contributed by atoms with Crippen molar-refractivity contribution in [1.82, 2.24) is 19.6 Å². The fourth-order valence-corrected chi connectivity index (χ4v) is 7.18. The van der Waals surface area contributed by atoms with Crippen molar-refractivity contribution < 1.29 is 9.59 Å². The number of nitrogens with zero attached hydrogens (tertiary/aromatic N) is 4. The molecule has 2 rings (SSSR count). The minimum Gasteiger partial charge on any atom is -0.338 e. The average molecular weight is 649 g/mol. The molecule has 2 amide bonds. The van der Waals surface area contributed by atoms with Gasteiger partial charge in [0.25, 0.3) is 0 Å². The third-order valence-electron chi connectivity index (χ3n) is 10.1. The summed E-state index contributed by atoms with van der Waals surface area (Å²) in [7, 11) is 0. The van der Waals surface area contributed by atoms with E-state index in [4.69, 9.17) is 0 Å². The summed E-state index contributed by atoms with van der Waals surface area (Å²) in [4.78, 5) is 34.0. The van der Waals surface area contributed by atoms with Crippen LogP contribution >= 0.6 is 0 Å². The summed E-state index contributed by atoms with van der Waals surface area (Å²) in [6.45, 7) is 18.6. The Morgan fingerprint density at radius 2 is 0.935 bits per heavy atom. The van der Waals surface area contributed by atoms with Gasteiger partial charge < -0.3 is 14.7 Å². The summed E-state index contributed by atoms with van der Waals surface area (Å²) < 4.78 is 0. The molecule has 0 aliphatic carbocycles. The topological polar surface area (TPSA) is 47.1 Å². The lowest BCUT2D eigenvalue weighted by Gasteiger charge is -2.34. The molecule has 0 aromatic heterocycles. The van der Waals surface area contributed by atoms with Crippen molar-refractivity contribution in [3.05, 3.63) is 0 Å². The monoisotopic (exact) mass is 649 g/mol. The van der Waals surface area contributed by atoms with E-state index in [-0.39, 0.29) is 18.0 Å². The molecule has 0 N–H and O–H groups in total. The maximum atomic E-state index is 13.5. The zero-order valence-corrected chi connectivity index (χ0v) is 31.8. The molecule has 2 saturated heterocycles. The normalized spacial score (nSPS) is 17.3. The fourth-order valence-electron chi connectivity index (χ4n) is 7.18. The number of rotatable bonds is 30. The zero-order valence-electron chi connectivity index (χ0n) is 31.8. The summed E-state index contributed by atoms with van der Waals surface area (Å²) >= 11 is 0. The van der Waals surface area contributed by atoms with Crippen LogP contribution in [0.3, 0.4) is 0 Å². The van der Waals surface area contributed by atoms with Crippen LogP contribution in [-0.2, 0) is 9.59 Å². The Bertz CT molecular complexity index is 687. The van der Waals surface area contributed by atoms with Crippen molar-refractivity contribution in [3.8, 4) is 0 Å². The lowest BCUT2D eigenvalue weighted by atomic mass is 10.1. The molecule has 2 bridgehead atoms. The van der Waals surface area contributed by atoms with Crippen LogP contribution in [0.15, 0.2) is 0 Å². The zero-order chi connectivity index (χ0) is 33.7. The summed E-state index contributed by atoms with van der Waals surface area (Å²) in [6.07, 6.45) is 31.4. The molecule has 2 aliphatic heterocycles. The van der Waals surface area contributed by atoms with Crippen LogP contribution in [0.4, 0.5) is 0 Å². The SMILES string of the molecule is CCC.CCCCCCCCCN(CCCCCCCCC)CCN(CCCCCCCCC)CC(=O)N1CC2CC1CN2C=O. The highest BCUT2D eigenvalue weighted by Crippen LogP contribution is 2.29. The first kappa shape index (κ1) is 42.9. The molecule has 272 valence electrons. The van der Waals surface area contributed by atoms with E-state index < -0.39 is 0 Å². The van der Waals surface area contributed by atoms with E-state index in [0.717, 1.165) is 45.6 Å². The van der Waals surface area contributed by atoms with Gasteiger partial charge in [-0.2, -0.15) is 0 Å². The summed E-state index contributed by atoms with van der Waals surface area (Å²) in [6, 6.07) is 0.469. The van der Waals surface area contributed by atoms with Crippen LogP contribution in [0, 0.1) is 0 Å².